The molecule has 6 heteroatoms. The standard InChI is InChI=1S/C17H23FN2O3/c1-19-16-9-20(6-5-12(16)10-23-11-17(19)21)8-13-7-14(22-2)3-4-15(13)18/h3-4,7,12,16H,5-6,8-11H2,1-2H3/t12-,16-/m0/s1. The zero-order chi connectivity index (χ0) is 16.4. The highest BCUT2D eigenvalue weighted by molar-refractivity contribution is 5.77. The Hall–Kier alpha value is -1.66. The maximum absolute atomic E-state index is 14.0. The van der Waals surface area contributed by atoms with Gasteiger partial charge >= 0.3 is 0 Å². The number of ether oxygens (including phenoxy) is 2. The maximum Gasteiger partial charge on any atom is 0.248 e. The SMILES string of the molecule is COc1ccc(F)c(CN2CC[C@H]3COCC(=O)N(C)[C@H]3C2)c1. The van der Waals surface area contributed by atoms with Gasteiger partial charge in [0.15, 0.2) is 0 Å². The van der Waals surface area contributed by atoms with Crippen molar-refractivity contribution in [1.82, 2.24) is 9.80 Å². The van der Waals surface area contributed by atoms with Crippen LogP contribution >= 0.6 is 0 Å². The van der Waals surface area contributed by atoms with Gasteiger partial charge in [0.2, 0.25) is 5.91 Å². The molecule has 1 amide bonds. The van der Waals surface area contributed by atoms with E-state index in [9.17, 15) is 9.18 Å². The molecule has 2 aliphatic heterocycles. The summed E-state index contributed by atoms with van der Waals surface area (Å²) in [5.41, 5.74) is 0.627. The topological polar surface area (TPSA) is 42.0 Å². The molecule has 1 aromatic rings. The van der Waals surface area contributed by atoms with E-state index in [1.807, 2.05) is 7.05 Å². The smallest absolute Gasteiger partial charge is 0.248 e. The lowest BCUT2D eigenvalue weighted by atomic mass is 9.91. The maximum atomic E-state index is 14.0. The molecule has 2 heterocycles. The highest BCUT2D eigenvalue weighted by Crippen LogP contribution is 2.26. The van der Waals surface area contributed by atoms with Gasteiger partial charge in [0.05, 0.1) is 13.7 Å². The average Bonchev–Trinajstić information content (AvgIpc) is 2.69. The zero-order valence-electron chi connectivity index (χ0n) is 13.6. The molecule has 3 rings (SSSR count). The Morgan fingerprint density at radius 2 is 2.26 bits per heavy atom. The van der Waals surface area contributed by atoms with Gasteiger partial charge in [-0.3, -0.25) is 9.69 Å². The molecule has 0 aliphatic carbocycles. The van der Waals surface area contributed by atoms with E-state index < -0.39 is 0 Å². The lowest BCUT2D eigenvalue weighted by molar-refractivity contribution is -0.134. The first-order valence-corrected chi connectivity index (χ1v) is 7.96. The Bertz CT molecular complexity index is 581. The van der Waals surface area contributed by atoms with E-state index in [0.29, 0.717) is 30.4 Å². The van der Waals surface area contributed by atoms with E-state index in [1.54, 1.807) is 24.1 Å². The molecule has 0 radical (unpaired) electrons. The van der Waals surface area contributed by atoms with Crippen LogP contribution in [0.1, 0.15) is 12.0 Å². The minimum atomic E-state index is -0.221. The number of carbonyl (C=O) groups excluding carboxylic acids is 1. The van der Waals surface area contributed by atoms with Crippen LogP contribution in [0, 0.1) is 11.7 Å². The van der Waals surface area contributed by atoms with E-state index >= 15 is 0 Å². The van der Waals surface area contributed by atoms with Crippen molar-refractivity contribution in [3.05, 3.63) is 29.6 Å². The second-order valence-electron chi connectivity index (χ2n) is 6.33. The zero-order valence-corrected chi connectivity index (χ0v) is 13.6. The fourth-order valence-corrected chi connectivity index (χ4v) is 3.45. The van der Waals surface area contributed by atoms with Crippen molar-refractivity contribution in [1.29, 1.82) is 0 Å². The summed E-state index contributed by atoms with van der Waals surface area (Å²) in [5.74, 6) is 0.817. The van der Waals surface area contributed by atoms with Gasteiger partial charge in [-0.25, -0.2) is 4.39 Å². The molecular weight excluding hydrogens is 299 g/mol. The number of fused-ring (bicyclic) bond motifs is 1. The molecule has 0 bridgehead atoms. The molecule has 0 unspecified atom stereocenters. The van der Waals surface area contributed by atoms with Gasteiger partial charge in [0.1, 0.15) is 18.2 Å². The predicted molar refractivity (Wildman–Crippen MR) is 83.7 cm³/mol. The number of benzene rings is 1. The lowest BCUT2D eigenvalue weighted by Gasteiger charge is -2.41. The fraction of sp³-hybridized carbons (Fsp3) is 0.588. The first-order chi connectivity index (χ1) is 11.1. The largest absolute Gasteiger partial charge is 0.497 e. The number of carbonyl (C=O) groups is 1. The van der Waals surface area contributed by atoms with Crippen molar-refractivity contribution in [2.24, 2.45) is 5.92 Å². The van der Waals surface area contributed by atoms with Crippen molar-refractivity contribution in [2.45, 2.75) is 19.0 Å². The van der Waals surface area contributed by atoms with Crippen molar-refractivity contribution in [2.75, 3.05) is 40.5 Å². The van der Waals surface area contributed by atoms with Crippen LogP contribution in [0.25, 0.3) is 0 Å². The van der Waals surface area contributed by atoms with E-state index in [1.165, 1.54) is 6.07 Å². The number of halogens is 1. The lowest BCUT2D eigenvalue weighted by Crippen LogP contribution is -2.52. The molecule has 0 saturated carbocycles. The first kappa shape index (κ1) is 16.2. The number of piperidine rings is 1. The highest BCUT2D eigenvalue weighted by atomic mass is 19.1. The minimum absolute atomic E-state index is 0.0203. The molecule has 5 nitrogen and oxygen atoms in total. The molecule has 0 N–H and O–H groups in total. The van der Waals surface area contributed by atoms with Crippen molar-refractivity contribution < 1.29 is 18.7 Å². The number of hydrogen-bond donors (Lipinski definition) is 0. The Morgan fingerprint density at radius 1 is 1.43 bits per heavy atom. The van der Waals surface area contributed by atoms with Crippen LogP contribution in [0.4, 0.5) is 4.39 Å². The third-order valence-electron chi connectivity index (χ3n) is 4.90. The van der Waals surface area contributed by atoms with Crippen LogP contribution in [0.3, 0.4) is 0 Å². The van der Waals surface area contributed by atoms with Crippen LogP contribution in [-0.2, 0) is 16.1 Å². The summed E-state index contributed by atoms with van der Waals surface area (Å²) >= 11 is 0. The summed E-state index contributed by atoms with van der Waals surface area (Å²) in [6.07, 6.45) is 0.952. The molecule has 0 aromatic heterocycles. The molecule has 2 fully saturated rings. The van der Waals surface area contributed by atoms with Crippen molar-refractivity contribution in [3.63, 3.8) is 0 Å². The molecule has 2 saturated heterocycles. The van der Waals surface area contributed by atoms with Gasteiger partial charge < -0.3 is 14.4 Å². The van der Waals surface area contributed by atoms with Crippen LogP contribution in [0.2, 0.25) is 0 Å². The third kappa shape index (κ3) is 3.48. The van der Waals surface area contributed by atoms with Gasteiger partial charge in [-0.05, 0) is 31.2 Å². The Labute approximate surface area is 136 Å². The summed E-state index contributed by atoms with van der Waals surface area (Å²) in [5, 5.41) is 0. The van der Waals surface area contributed by atoms with Crippen LogP contribution in [0.5, 0.6) is 5.75 Å². The number of amides is 1. The third-order valence-corrected chi connectivity index (χ3v) is 4.90. The first-order valence-electron chi connectivity index (χ1n) is 7.96. The summed E-state index contributed by atoms with van der Waals surface area (Å²) < 4.78 is 24.7. The predicted octanol–water partition coefficient (Wildman–Crippen LogP) is 1.51. The van der Waals surface area contributed by atoms with Crippen LogP contribution in [0.15, 0.2) is 18.2 Å². The van der Waals surface area contributed by atoms with E-state index in [0.717, 1.165) is 19.5 Å². The van der Waals surface area contributed by atoms with E-state index in [4.69, 9.17) is 9.47 Å². The van der Waals surface area contributed by atoms with E-state index in [-0.39, 0.29) is 24.4 Å². The fourth-order valence-electron chi connectivity index (χ4n) is 3.45. The Kier molecular flexibility index (Phi) is 4.82. The van der Waals surface area contributed by atoms with E-state index in [2.05, 4.69) is 4.90 Å². The summed E-state index contributed by atoms with van der Waals surface area (Å²) in [6, 6.07) is 4.94. The van der Waals surface area contributed by atoms with Crippen LogP contribution < -0.4 is 4.74 Å². The second-order valence-corrected chi connectivity index (χ2v) is 6.33. The normalized spacial score (nSPS) is 25.9. The quantitative estimate of drug-likeness (QED) is 0.846. The molecular formula is C17H23FN2O3. The molecule has 2 aliphatic rings. The Balaban J connectivity index is 1.72. The molecule has 0 spiro atoms. The van der Waals surface area contributed by atoms with Crippen molar-refractivity contribution >= 4 is 5.91 Å². The number of hydrogen-bond acceptors (Lipinski definition) is 4. The highest BCUT2D eigenvalue weighted by Gasteiger charge is 2.36. The number of likely N-dealkylation sites (tertiary alicyclic amines) is 1. The van der Waals surface area contributed by atoms with Gasteiger partial charge in [0.25, 0.3) is 0 Å². The molecule has 23 heavy (non-hydrogen) atoms. The Morgan fingerprint density at radius 3 is 3.04 bits per heavy atom. The summed E-state index contributed by atoms with van der Waals surface area (Å²) in [7, 11) is 3.42. The average molecular weight is 322 g/mol. The van der Waals surface area contributed by atoms with Gasteiger partial charge in [-0.1, -0.05) is 0 Å². The van der Waals surface area contributed by atoms with Crippen molar-refractivity contribution in [3.8, 4) is 5.75 Å². The van der Waals surface area contributed by atoms with Gasteiger partial charge in [-0.15, -0.1) is 0 Å². The molecule has 126 valence electrons. The molecule has 1 aromatic carbocycles. The number of methoxy groups -OCH3 is 1. The number of likely N-dealkylation sites (N-methyl/N-ethyl adjacent to an activating group) is 1. The summed E-state index contributed by atoms with van der Waals surface area (Å²) in [6.45, 7) is 2.93. The minimum Gasteiger partial charge on any atom is -0.497 e. The van der Waals surface area contributed by atoms with Gasteiger partial charge in [-0.2, -0.15) is 0 Å². The number of nitrogens with zero attached hydrogens (tertiary/aromatic N) is 2. The second kappa shape index (κ2) is 6.84. The van der Waals surface area contributed by atoms with Crippen LogP contribution in [-0.4, -0.2) is 62.2 Å². The summed E-state index contributed by atoms with van der Waals surface area (Å²) in [4.78, 5) is 16.0. The molecule has 2 atom stereocenters. The van der Waals surface area contributed by atoms with Gasteiger partial charge in [0, 0.05) is 37.7 Å². The monoisotopic (exact) mass is 322 g/mol. The number of rotatable bonds is 3.